The lowest BCUT2D eigenvalue weighted by Crippen LogP contribution is -2.54. The molecule has 4 aliphatic rings. The van der Waals surface area contributed by atoms with Crippen LogP contribution < -0.4 is 15.4 Å². The van der Waals surface area contributed by atoms with Crippen molar-refractivity contribution in [1.29, 1.82) is 0 Å². The van der Waals surface area contributed by atoms with Gasteiger partial charge in [0.15, 0.2) is 0 Å². The molecule has 0 aromatic heterocycles. The molecule has 26 heavy (non-hydrogen) atoms. The molecule has 1 aromatic rings. The van der Waals surface area contributed by atoms with Crippen LogP contribution in [-0.4, -0.2) is 25.5 Å². The molecule has 5 rings (SSSR count). The molecule has 140 valence electrons. The molecule has 4 aliphatic carbocycles. The molecule has 0 unspecified atom stereocenters. The number of benzene rings is 1. The second-order valence-corrected chi connectivity index (χ2v) is 8.71. The fourth-order valence-electron chi connectivity index (χ4n) is 5.71. The van der Waals surface area contributed by atoms with Gasteiger partial charge in [-0.25, -0.2) is 0 Å². The van der Waals surface area contributed by atoms with Gasteiger partial charge in [0.2, 0.25) is 11.8 Å². The van der Waals surface area contributed by atoms with Gasteiger partial charge in [-0.05, 0) is 74.5 Å². The summed E-state index contributed by atoms with van der Waals surface area (Å²) < 4.78 is 5.23. The number of hydrogen-bond acceptors (Lipinski definition) is 3. The first-order valence-corrected chi connectivity index (χ1v) is 9.77. The van der Waals surface area contributed by atoms with E-state index in [9.17, 15) is 9.59 Å². The molecule has 0 atom stereocenters. The van der Waals surface area contributed by atoms with E-state index in [0.29, 0.717) is 34.2 Å². The van der Waals surface area contributed by atoms with Crippen LogP contribution in [0.1, 0.15) is 38.5 Å². The summed E-state index contributed by atoms with van der Waals surface area (Å²) in [5.41, 5.74) is 0.275. The summed E-state index contributed by atoms with van der Waals surface area (Å²) in [5.74, 6) is 2.44. The lowest BCUT2D eigenvalue weighted by Gasteiger charge is -2.55. The van der Waals surface area contributed by atoms with E-state index in [1.54, 1.807) is 18.2 Å². The normalized spacial score (nSPS) is 31.5. The molecular weight excluding hydrogens is 352 g/mol. The molecule has 2 amide bonds. The topological polar surface area (TPSA) is 67.4 Å². The predicted octanol–water partition coefficient (Wildman–Crippen LogP) is 3.62. The largest absolute Gasteiger partial charge is 0.495 e. The molecule has 4 bridgehead atoms. The van der Waals surface area contributed by atoms with E-state index in [1.165, 1.54) is 26.4 Å². The average molecular weight is 377 g/mol. The Labute approximate surface area is 158 Å². The number of carbonyl (C=O) groups excluding carboxylic acids is 2. The smallest absolute Gasteiger partial charge is 0.243 e. The highest BCUT2D eigenvalue weighted by atomic mass is 35.5. The Kier molecular flexibility index (Phi) is 4.59. The summed E-state index contributed by atoms with van der Waals surface area (Å²) in [6, 6.07) is 5.04. The number of anilines is 1. The molecule has 4 saturated carbocycles. The van der Waals surface area contributed by atoms with Crippen LogP contribution in [0.5, 0.6) is 5.75 Å². The summed E-state index contributed by atoms with van der Waals surface area (Å²) in [6.07, 6.45) is 6.86. The molecule has 4 fully saturated rings. The molecular formula is C20H25ClN2O3. The summed E-state index contributed by atoms with van der Waals surface area (Å²) in [7, 11) is 1.54. The molecule has 0 saturated heterocycles. The third-order valence-corrected chi connectivity index (χ3v) is 6.60. The summed E-state index contributed by atoms with van der Waals surface area (Å²) in [5, 5.41) is 6.17. The number of nitrogens with one attached hydrogen (secondary N) is 2. The van der Waals surface area contributed by atoms with Crippen molar-refractivity contribution in [1.82, 2.24) is 5.32 Å². The van der Waals surface area contributed by atoms with E-state index in [-0.39, 0.29) is 23.8 Å². The summed E-state index contributed by atoms with van der Waals surface area (Å²) >= 11 is 5.98. The monoisotopic (exact) mass is 376 g/mol. The fourth-order valence-corrected chi connectivity index (χ4v) is 5.88. The number of hydrogen-bond donors (Lipinski definition) is 2. The van der Waals surface area contributed by atoms with Gasteiger partial charge < -0.3 is 15.4 Å². The SMILES string of the molecule is COc1ccc(Cl)cc1NC(=O)CNC(=O)C12CC3CC(CC(C3)C1)C2. The van der Waals surface area contributed by atoms with Gasteiger partial charge in [-0.1, -0.05) is 11.6 Å². The van der Waals surface area contributed by atoms with Gasteiger partial charge in [0, 0.05) is 10.4 Å². The molecule has 5 nitrogen and oxygen atoms in total. The van der Waals surface area contributed by atoms with Crippen LogP contribution in [0, 0.1) is 23.2 Å². The van der Waals surface area contributed by atoms with Crippen LogP contribution in [0.3, 0.4) is 0 Å². The third kappa shape index (κ3) is 3.29. The highest BCUT2D eigenvalue weighted by Gasteiger charge is 2.54. The van der Waals surface area contributed by atoms with E-state index in [0.717, 1.165) is 19.3 Å². The minimum atomic E-state index is -0.274. The maximum absolute atomic E-state index is 12.9. The van der Waals surface area contributed by atoms with Crippen molar-refractivity contribution in [2.24, 2.45) is 23.2 Å². The average Bonchev–Trinajstić information content (AvgIpc) is 2.58. The lowest BCUT2D eigenvalue weighted by atomic mass is 9.49. The zero-order valence-electron chi connectivity index (χ0n) is 15.0. The fraction of sp³-hybridized carbons (Fsp3) is 0.600. The van der Waals surface area contributed by atoms with Crippen molar-refractivity contribution in [3.8, 4) is 5.75 Å². The van der Waals surface area contributed by atoms with Crippen LogP contribution in [0.25, 0.3) is 0 Å². The number of methoxy groups -OCH3 is 1. The Bertz CT molecular complexity index is 698. The second-order valence-electron chi connectivity index (χ2n) is 8.27. The van der Waals surface area contributed by atoms with Gasteiger partial charge in [0.25, 0.3) is 0 Å². The van der Waals surface area contributed by atoms with Crippen LogP contribution in [0.2, 0.25) is 5.02 Å². The van der Waals surface area contributed by atoms with Crippen LogP contribution in [0.4, 0.5) is 5.69 Å². The molecule has 0 aliphatic heterocycles. The molecule has 2 N–H and O–H groups in total. The maximum Gasteiger partial charge on any atom is 0.243 e. The highest BCUT2D eigenvalue weighted by Crippen LogP contribution is 2.60. The predicted molar refractivity (Wildman–Crippen MR) is 100 cm³/mol. The van der Waals surface area contributed by atoms with Crippen LogP contribution >= 0.6 is 11.6 Å². The zero-order valence-corrected chi connectivity index (χ0v) is 15.8. The van der Waals surface area contributed by atoms with Gasteiger partial charge in [-0.3, -0.25) is 9.59 Å². The molecule has 0 heterocycles. The van der Waals surface area contributed by atoms with E-state index in [1.807, 2.05) is 0 Å². The Morgan fingerprint density at radius 1 is 1.15 bits per heavy atom. The van der Waals surface area contributed by atoms with E-state index in [2.05, 4.69) is 10.6 Å². The number of carbonyl (C=O) groups is 2. The Hall–Kier alpha value is -1.75. The number of ether oxygens (including phenoxy) is 1. The van der Waals surface area contributed by atoms with Gasteiger partial charge in [0.1, 0.15) is 5.75 Å². The minimum absolute atomic E-state index is 0.0315. The van der Waals surface area contributed by atoms with Crippen molar-refractivity contribution in [2.45, 2.75) is 38.5 Å². The van der Waals surface area contributed by atoms with Crippen LogP contribution in [0.15, 0.2) is 18.2 Å². The quantitative estimate of drug-likeness (QED) is 0.824. The van der Waals surface area contributed by atoms with Gasteiger partial charge >= 0.3 is 0 Å². The zero-order chi connectivity index (χ0) is 18.3. The molecule has 0 radical (unpaired) electrons. The Balaban J connectivity index is 1.36. The Morgan fingerprint density at radius 3 is 2.35 bits per heavy atom. The third-order valence-electron chi connectivity index (χ3n) is 6.37. The molecule has 1 aromatic carbocycles. The molecule has 6 heteroatoms. The van der Waals surface area contributed by atoms with Crippen molar-refractivity contribution < 1.29 is 14.3 Å². The Morgan fingerprint density at radius 2 is 1.77 bits per heavy atom. The number of rotatable bonds is 5. The van der Waals surface area contributed by atoms with Crippen molar-refractivity contribution in [3.05, 3.63) is 23.2 Å². The minimum Gasteiger partial charge on any atom is -0.495 e. The first kappa shape index (κ1) is 17.7. The van der Waals surface area contributed by atoms with Gasteiger partial charge in [-0.15, -0.1) is 0 Å². The highest BCUT2D eigenvalue weighted by molar-refractivity contribution is 6.31. The van der Waals surface area contributed by atoms with Crippen molar-refractivity contribution >= 4 is 29.1 Å². The van der Waals surface area contributed by atoms with E-state index >= 15 is 0 Å². The van der Waals surface area contributed by atoms with Gasteiger partial charge in [0.05, 0.1) is 19.3 Å². The number of amides is 2. The lowest BCUT2D eigenvalue weighted by molar-refractivity contribution is -0.146. The van der Waals surface area contributed by atoms with Crippen molar-refractivity contribution in [2.75, 3.05) is 19.0 Å². The summed E-state index contributed by atoms with van der Waals surface area (Å²) in [4.78, 5) is 25.2. The number of halogens is 1. The maximum atomic E-state index is 12.9. The summed E-state index contributed by atoms with van der Waals surface area (Å²) in [6.45, 7) is -0.0315. The van der Waals surface area contributed by atoms with E-state index in [4.69, 9.17) is 16.3 Å². The van der Waals surface area contributed by atoms with E-state index < -0.39 is 0 Å². The van der Waals surface area contributed by atoms with Gasteiger partial charge in [-0.2, -0.15) is 0 Å². The molecule has 0 spiro atoms. The van der Waals surface area contributed by atoms with Crippen molar-refractivity contribution in [3.63, 3.8) is 0 Å². The first-order chi connectivity index (χ1) is 12.5. The van der Waals surface area contributed by atoms with Crippen LogP contribution in [-0.2, 0) is 9.59 Å². The second kappa shape index (κ2) is 6.76. The first-order valence-electron chi connectivity index (χ1n) is 9.39. The standard InChI is InChI=1S/C20H25ClN2O3/c1-26-17-3-2-15(21)7-16(17)23-18(24)11-22-19(25)20-8-12-4-13(9-20)6-14(5-12)10-20/h2-3,7,12-14H,4-6,8-11H2,1H3,(H,22,25)(H,23,24).